The van der Waals surface area contributed by atoms with Crippen molar-refractivity contribution in [3.05, 3.63) is 39.2 Å². The van der Waals surface area contributed by atoms with Crippen LogP contribution in [0.15, 0.2) is 28.6 Å². The summed E-state index contributed by atoms with van der Waals surface area (Å²) >= 11 is 1.14. The molecule has 0 aliphatic rings. The first-order valence-electron chi connectivity index (χ1n) is 4.96. The lowest BCUT2D eigenvalue weighted by Crippen LogP contribution is -2.06. The minimum absolute atomic E-state index is 0.0651. The van der Waals surface area contributed by atoms with E-state index >= 15 is 0 Å². The van der Waals surface area contributed by atoms with Gasteiger partial charge in [0.2, 0.25) is 5.95 Å². The number of hydrogen-bond acceptors (Lipinski definition) is 5. The van der Waals surface area contributed by atoms with Gasteiger partial charge in [-0.15, -0.1) is 0 Å². The summed E-state index contributed by atoms with van der Waals surface area (Å²) in [5, 5.41) is 1.79. The Morgan fingerprint density at radius 1 is 1.53 bits per heavy atom. The molecular weight excluding hydrogens is 238 g/mol. The average Bonchev–Trinajstić information content (AvgIpc) is 2.85. The van der Waals surface area contributed by atoms with Gasteiger partial charge in [-0.25, -0.2) is 4.98 Å². The van der Waals surface area contributed by atoms with Crippen molar-refractivity contribution in [2.45, 2.75) is 6.54 Å². The van der Waals surface area contributed by atoms with Crippen LogP contribution in [-0.2, 0) is 6.54 Å². The van der Waals surface area contributed by atoms with Crippen LogP contribution in [0, 0.1) is 0 Å². The molecule has 3 rings (SSSR count). The maximum absolute atomic E-state index is 11.1. The largest absolute Gasteiger partial charge is 0.369 e. The Labute approximate surface area is 99.8 Å². The van der Waals surface area contributed by atoms with Crippen LogP contribution in [0.25, 0.3) is 11.0 Å². The number of thiazole rings is 1. The lowest BCUT2D eigenvalue weighted by atomic mass is 10.4. The second kappa shape index (κ2) is 3.70. The quantitative estimate of drug-likeness (QED) is 0.701. The zero-order valence-electron chi connectivity index (χ0n) is 8.75. The summed E-state index contributed by atoms with van der Waals surface area (Å²) in [7, 11) is 0. The highest BCUT2D eigenvalue weighted by molar-refractivity contribution is 7.07. The van der Waals surface area contributed by atoms with Crippen LogP contribution in [0.5, 0.6) is 0 Å². The Kier molecular flexibility index (Phi) is 2.19. The molecule has 6 nitrogen and oxygen atoms in total. The molecule has 3 N–H and O–H groups in total. The molecule has 0 saturated heterocycles. The number of nitrogens with zero attached hydrogens (tertiary/aromatic N) is 3. The number of rotatable bonds is 2. The van der Waals surface area contributed by atoms with Gasteiger partial charge in [-0.05, 0) is 6.07 Å². The van der Waals surface area contributed by atoms with Gasteiger partial charge in [0.1, 0.15) is 5.52 Å². The SMILES string of the molecule is Nc1nc2cnccc2n1Cc1csc(=O)[nH]1. The van der Waals surface area contributed by atoms with E-state index in [2.05, 4.69) is 15.0 Å². The monoisotopic (exact) mass is 247 g/mol. The van der Waals surface area contributed by atoms with Crippen molar-refractivity contribution in [2.24, 2.45) is 0 Å². The van der Waals surface area contributed by atoms with Gasteiger partial charge in [0.25, 0.3) is 0 Å². The van der Waals surface area contributed by atoms with Gasteiger partial charge in [0.15, 0.2) is 0 Å². The zero-order chi connectivity index (χ0) is 11.8. The number of H-pyrrole nitrogens is 1. The Bertz CT molecular complexity index is 725. The molecule has 17 heavy (non-hydrogen) atoms. The first-order valence-corrected chi connectivity index (χ1v) is 5.84. The van der Waals surface area contributed by atoms with E-state index in [1.165, 1.54) is 0 Å². The highest BCUT2D eigenvalue weighted by atomic mass is 32.1. The number of aromatic nitrogens is 4. The van der Waals surface area contributed by atoms with Crippen molar-refractivity contribution < 1.29 is 0 Å². The summed E-state index contributed by atoms with van der Waals surface area (Å²) < 4.78 is 1.84. The Morgan fingerprint density at radius 2 is 2.41 bits per heavy atom. The van der Waals surface area contributed by atoms with E-state index in [1.807, 2.05) is 10.6 Å². The third-order valence-corrected chi connectivity index (χ3v) is 3.20. The minimum Gasteiger partial charge on any atom is -0.369 e. The molecular formula is C10H9N5OS. The van der Waals surface area contributed by atoms with E-state index in [0.717, 1.165) is 28.1 Å². The molecule has 0 saturated carbocycles. The fourth-order valence-corrected chi connectivity index (χ4v) is 2.30. The van der Waals surface area contributed by atoms with E-state index in [-0.39, 0.29) is 4.87 Å². The summed E-state index contributed by atoms with van der Waals surface area (Å²) in [6, 6.07) is 1.85. The number of aromatic amines is 1. The number of nitrogens with two attached hydrogens (primary N) is 1. The van der Waals surface area contributed by atoms with Crippen LogP contribution in [-0.4, -0.2) is 19.5 Å². The molecule has 0 bridgehead atoms. The lowest BCUT2D eigenvalue weighted by molar-refractivity contribution is 0.813. The van der Waals surface area contributed by atoms with E-state index in [1.54, 1.807) is 17.8 Å². The van der Waals surface area contributed by atoms with Crippen molar-refractivity contribution in [1.82, 2.24) is 19.5 Å². The molecule has 0 aromatic carbocycles. The summed E-state index contributed by atoms with van der Waals surface area (Å²) in [6.07, 6.45) is 3.36. The zero-order valence-corrected chi connectivity index (χ0v) is 9.57. The molecule has 0 radical (unpaired) electrons. The van der Waals surface area contributed by atoms with Crippen molar-refractivity contribution >= 4 is 28.3 Å². The number of nitrogens with one attached hydrogen (secondary N) is 1. The fraction of sp³-hybridized carbons (Fsp3) is 0.100. The Morgan fingerprint density at radius 3 is 3.18 bits per heavy atom. The van der Waals surface area contributed by atoms with Crippen LogP contribution in [0.3, 0.4) is 0 Å². The maximum Gasteiger partial charge on any atom is 0.304 e. The number of pyridine rings is 1. The van der Waals surface area contributed by atoms with Crippen LogP contribution in [0.4, 0.5) is 5.95 Å². The second-order valence-electron chi connectivity index (χ2n) is 3.59. The normalized spacial score (nSPS) is 11.1. The molecule has 0 unspecified atom stereocenters. The molecule has 86 valence electrons. The molecule has 7 heteroatoms. The molecule has 0 aliphatic heterocycles. The molecule has 3 heterocycles. The van der Waals surface area contributed by atoms with Crippen molar-refractivity contribution in [3.63, 3.8) is 0 Å². The molecule has 0 fully saturated rings. The Balaban J connectivity index is 2.10. The molecule has 0 amide bonds. The molecule has 0 aliphatic carbocycles. The third kappa shape index (κ3) is 1.70. The van der Waals surface area contributed by atoms with Gasteiger partial charge < -0.3 is 15.3 Å². The average molecular weight is 247 g/mol. The highest BCUT2D eigenvalue weighted by Crippen LogP contribution is 2.17. The van der Waals surface area contributed by atoms with Gasteiger partial charge in [-0.2, -0.15) is 0 Å². The fourth-order valence-electron chi connectivity index (χ4n) is 1.73. The van der Waals surface area contributed by atoms with Gasteiger partial charge >= 0.3 is 4.87 Å². The van der Waals surface area contributed by atoms with Gasteiger partial charge in [-0.1, -0.05) is 11.3 Å². The van der Waals surface area contributed by atoms with E-state index in [9.17, 15) is 4.79 Å². The number of fused-ring (bicyclic) bond motifs is 1. The maximum atomic E-state index is 11.1. The smallest absolute Gasteiger partial charge is 0.304 e. The van der Waals surface area contributed by atoms with Crippen LogP contribution in [0.2, 0.25) is 0 Å². The van der Waals surface area contributed by atoms with E-state index in [4.69, 9.17) is 5.73 Å². The topological polar surface area (TPSA) is 89.6 Å². The van der Waals surface area contributed by atoms with Crippen LogP contribution in [0.1, 0.15) is 5.69 Å². The minimum atomic E-state index is -0.0651. The molecule has 3 aromatic rings. The number of anilines is 1. The highest BCUT2D eigenvalue weighted by Gasteiger charge is 2.08. The number of imidazole rings is 1. The van der Waals surface area contributed by atoms with Crippen molar-refractivity contribution in [1.29, 1.82) is 0 Å². The number of hydrogen-bond donors (Lipinski definition) is 2. The summed E-state index contributed by atoms with van der Waals surface area (Å²) in [4.78, 5) is 21.9. The van der Waals surface area contributed by atoms with Crippen molar-refractivity contribution in [2.75, 3.05) is 5.73 Å². The van der Waals surface area contributed by atoms with Gasteiger partial charge in [0, 0.05) is 17.3 Å². The number of nitrogen functional groups attached to an aromatic ring is 1. The predicted octanol–water partition coefficient (Wildman–Crippen LogP) is 0.812. The first kappa shape index (κ1) is 10.0. The standard InChI is InChI=1S/C10H9N5OS/c11-9-14-7-3-12-2-1-8(7)15(9)4-6-5-17-10(16)13-6/h1-3,5H,4H2,(H2,11,14)(H,13,16). The first-order chi connectivity index (χ1) is 8.24. The van der Waals surface area contributed by atoms with Crippen LogP contribution < -0.4 is 10.6 Å². The molecule has 0 atom stereocenters. The summed E-state index contributed by atoms with van der Waals surface area (Å²) in [5.74, 6) is 0.417. The van der Waals surface area contributed by atoms with E-state index in [0.29, 0.717) is 12.5 Å². The van der Waals surface area contributed by atoms with Gasteiger partial charge in [-0.3, -0.25) is 9.78 Å². The van der Waals surface area contributed by atoms with Gasteiger partial charge in [0.05, 0.1) is 18.3 Å². The summed E-state index contributed by atoms with van der Waals surface area (Å²) in [6.45, 7) is 0.505. The third-order valence-electron chi connectivity index (χ3n) is 2.48. The molecule has 3 aromatic heterocycles. The van der Waals surface area contributed by atoms with E-state index < -0.39 is 0 Å². The summed E-state index contributed by atoms with van der Waals surface area (Å²) in [5.41, 5.74) is 8.32. The molecule has 0 spiro atoms. The Hall–Kier alpha value is -2.15. The lowest BCUT2D eigenvalue weighted by Gasteiger charge is -2.03. The second-order valence-corrected chi connectivity index (χ2v) is 4.44. The van der Waals surface area contributed by atoms with Crippen LogP contribution >= 0.6 is 11.3 Å². The van der Waals surface area contributed by atoms with Crippen molar-refractivity contribution in [3.8, 4) is 0 Å². The predicted molar refractivity (Wildman–Crippen MR) is 66.0 cm³/mol.